The van der Waals surface area contributed by atoms with Crippen LogP contribution < -0.4 is 10.2 Å². The minimum absolute atomic E-state index is 0.0817. The Morgan fingerprint density at radius 3 is 2.96 bits per heavy atom. The van der Waals surface area contributed by atoms with Gasteiger partial charge in [0.2, 0.25) is 5.82 Å². The van der Waals surface area contributed by atoms with E-state index in [1.54, 1.807) is 24.6 Å². The molecule has 0 aromatic carbocycles. The quantitative estimate of drug-likeness (QED) is 0.740. The lowest BCUT2D eigenvalue weighted by molar-refractivity contribution is 0.0904. The van der Waals surface area contributed by atoms with Crippen LogP contribution in [0.2, 0.25) is 0 Å². The number of carbonyl (C=O) groups excluding carboxylic acids is 1. The Labute approximate surface area is 156 Å². The zero-order valence-corrected chi connectivity index (χ0v) is 15.1. The number of carbonyl (C=O) groups is 1. The summed E-state index contributed by atoms with van der Waals surface area (Å²) in [7, 11) is 0. The predicted molar refractivity (Wildman–Crippen MR) is 98.0 cm³/mol. The average Bonchev–Trinajstić information content (AvgIpc) is 3.39. The average molecular weight is 367 g/mol. The van der Waals surface area contributed by atoms with E-state index in [9.17, 15) is 4.79 Å². The fourth-order valence-electron chi connectivity index (χ4n) is 3.06. The Morgan fingerprint density at radius 1 is 1.33 bits per heavy atom. The van der Waals surface area contributed by atoms with Gasteiger partial charge in [0.1, 0.15) is 11.6 Å². The van der Waals surface area contributed by atoms with Gasteiger partial charge >= 0.3 is 11.8 Å². The standard InChI is InChI=1S/C19H21N5O3/c1-13-5-8-24(9-6-13)16-11-14(4-7-20-16)17-22-19(27-23-17)18(25)21-12-15-3-2-10-26-15/h2-4,7,10-11,13H,5-6,8-9,12H2,1H3,(H,21,25). The molecule has 0 bridgehead atoms. The first-order valence-corrected chi connectivity index (χ1v) is 9.04. The number of piperidine rings is 1. The number of hydrogen-bond donors (Lipinski definition) is 1. The maximum Gasteiger partial charge on any atom is 0.316 e. The zero-order chi connectivity index (χ0) is 18.6. The van der Waals surface area contributed by atoms with Crippen molar-refractivity contribution < 1.29 is 13.7 Å². The van der Waals surface area contributed by atoms with E-state index in [4.69, 9.17) is 8.94 Å². The van der Waals surface area contributed by atoms with Gasteiger partial charge < -0.3 is 19.2 Å². The summed E-state index contributed by atoms with van der Waals surface area (Å²) in [6.07, 6.45) is 5.61. The number of nitrogens with zero attached hydrogens (tertiary/aromatic N) is 4. The van der Waals surface area contributed by atoms with Gasteiger partial charge in [-0.1, -0.05) is 12.1 Å². The van der Waals surface area contributed by atoms with Crippen LogP contribution in [0.4, 0.5) is 5.82 Å². The molecule has 0 radical (unpaired) electrons. The monoisotopic (exact) mass is 367 g/mol. The van der Waals surface area contributed by atoms with Crippen LogP contribution in [0.5, 0.6) is 0 Å². The summed E-state index contributed by atoms with van der Waals surface area (Å²) in [4.78, 5) is 23.1. The number of rotatable bonds is 5. The Balaban J connectivity index is 1.45. The normalized spacial score (nSPS) is 15.1. The van der Waals surface area contributed by atoms with Crippen LogP contribution in [-0.4, -0.2) is 34.1 Å². The summed E-state index contributed by atoms with van der Waals surface area (Å²) in [5.74, 6) is 2.15. The molecule has 4 rings (SSSR count). The molecule has 1 aliphatic rings. The van der Waals surface area contributed by atoms with Crippen molar-refractivity contribution in [2.45, 2.75) is 26.3 Å². The molecule has 1 amide bonds. The first kappa shape index (κ1) is 17.3. The Morgan fingerprint density at radius 2 is 2.19 bits per heavy atom. The number of hydrogen-bond acceptors (Lipinski definition) is 7. The number of aromatic nitrogens is 3. The summed E-state index contributed by atoms with van der Waals surface area (Å²) in [6.45, 7) is 4.52. The molecular formula is C19H21N5O3. The van der Waals surface area contributed by atoms with Crippen LogP contribution in [0.25, 0.3) is 11.4 Å². The van der Waals surface area contributed by atoms with E-state index < -0.39 is 5.91 Å². The number of furan rings is 1. The third kappa shape index (κ3) is 3.99. The first-order chi connectivity index (χ1) is 13.2. The Hall–Kier alpha value is -3.16. The van der Waals surface area contributed by atoms with E-state index >= 15 is 0 Å². The zero-order valence-electron chi connectivity index (χ0n) is 15.1. The third-order valence-corrected chi connectivity index (χ3v) is 4.73. The van der Waals surface area contributed by atoms with Gasteiger partial charge in [-0.05, 0) is 43.0 Å². The van der Waals surface area contributed by atoms with Crippen molar-refractivity contribution in [2.75, 3.05) is 18.0 Å². The molecule has 1 aliphatic heterocycles. The summed E-state index contributed by atoms with van der Waals surface area (Å²) in [6, 6.07) is 7.28. The lowest BCUT2D eigenvalue weighted by Crippen LogP contribution is -2.33. The molecule has 3 aromatic heterocycles. The van der Waals surface area contributed by atoms with Gasteiger partial charge in [-0.25, -0.2) is 4.98 Å². The van der Waals surface area contributed by atoms with Crippen LogP contribution in [0, 0.1) is 5.92 Å². The molecule has 1 N–H and O–H groups in total. The lowest BCUT2D eigenvalue weighted by Gasteiger charge is -2.31. The highest BCUT2D eigenvalue weighted by Gasteiger charge is 2.19. The molecule has 4 heterocycles. The second-order valence-electron chi connectivity index (χ2n) is 6.76. The molecule has 0 aliphatic carbocycles. The summed E-state index contributed by atoms with van der Waals surface area (Å²) in [5, 5.41) is 6.62. The molecule has 140 valence electrons. The molecular weight excluding hydrogens is 346 g/mol. The van der Waals surface area contributed by atoms with E-state index in [1.165, 1.54) is 0 Å². The maximum atomic E-state index is 12.2. The largest absolute Gasteiger partial charge is 0.467 e. The van der Waals surface area contributed by atoms with Gasteiger partial charge in [0.25, 0.3) is 0 Å². The van der Waals surface area contributed by atoms with Gasteiger partial charge in [-0.15, -0.1) is 0 Å². The summed E-state index contributed by atoms with van der Waals surface area (Å²) in [5.41, 5.74) is 0.771. The van der Waals surface area contributed by atoms with E-state index in [-0.39, 0.29) is 12.4 Å². The molecule has 1 saturated heterocycles. The van der Waals surface area contributed by atoms with Crippen molar-refractivity contribution in [3.8, 4) is 11.4 Å². The van der Waals surface area contributed by atoms with Crippen molar-refractivity contribution in [2.24, 2.45) is 5.92 Å². The van der Waals surface area contributed by atoms with Crippen molar-refractivity contribution in [3.05, 3.63) is 48.4 Å². The van der Waals surface area contributed by atoms with Crippen molar-refractivity contribution >= 4 is 11.7 Å². The van der Waals surface area contributed by atoms with Gasteiger partial charge in [0, 0.05) is 24.8 Å². The number of anilines is 1. The van der Waals surface area contributed by atoms with Crippen molar-refractivity contribution in [1.82, 2.24) is 20.4 Å². The van der Waals surface area contributed by atoms with Crippen LogP contribution in [0.3, 0.4) is 0 Å². The molecule has 0 atom stereocenters. The third-order valence-electron chi connectivity index (χ3n) is 4.73. The second-order valence-corrected chi connectivity index (χ2v) is 6.76. The van der Waals surface area contributed by atoms with Gasteiger partial charge in [-0.3, -0.25) is 4.79 Å². The molecule has 8 nitrogen and oxygen atoms in total. The number of nitrogens with one attached hydrogen (secondary N) is 1. The first-order valence-electron chi connectivity index (χ1n) is 9.04. The van der Waals surface area contributed by atoms with E-state index in [0.717, 1.165) is 43.2 Å². The number of amides is 1. The van der Waals surface area contributed by atoms with Gasteiger partial charge in [0.15, 0.2) is 0 Å². The lowest BCUT2D eigenvalue weighted by atomic mass is 9.99. The van der Waals surface area contributed by atoms with E-state index in [0.29, 0.717) is 11.6 Å². The maximum absolute atomic E-state index is 12.2. The fourth-order valence-corrected chi connectivity index (χ4v) is 3.06. The molecule has 8 heteroatoms. The molecule has 27 heavy (non-hydrogen) atoms. The minimum atomic E-state index is -0.440. The summed E-state index contributed by atoms with van der Waals surface area (Å²) < 4.78 is 10.3. The Bertz CT molecular complexity index is 898. The molecule has 1 fully saturated rings. The molecule has 0 unspecified atom stereocenters. The molecule has 3 aromatic rings. The van der Waals surface area contributed by atoms with Gasteiger partial charge in [-0.2, -0.15) is 4.98 Å². The Kier molecular flexibility index (Phi) is 4.86. The highest BCUT2D eigenvalue weighted by molar-refractivity contribution is 5.89. The second kappa shape index (κ2) is 7.61. The highest BCUT2D eigenvalue weighted by Crippen LogP contribution is 2.24. The topological polar surface area (TPSA) is 97.3 Å². The van der Waals surface area contributed by atoms with Crippen LogP contribution in [0.1, 0.15) is 36.2 Å². The van der Waals surface area contributed by atoms with Crippen LogP contribution in [-0.2, 0) is 6.54 Å². The highest BCUT2D eigenvalue weighted by atomic mass is 16.5. The minimum Gasteiger partial charge on any atom is -0.467 e. The smallest absolute Gasteiger partial charge is 0.316 e. The number of pyridine rings is 1. The van der Waals surface area contributed by atoms with Gasteiger partial charge in [0.05, 0.1) is 12.8 Å². The molecule has 0 saturated carbocycles. The van der Waals surface area contributed by atoms with E-state index in [1.807, 2.05) is 12.1 Å². The van der Waals surface area contributed by atoms with Crippen LogP contribution in [0.15, 0.2) is 45.7 Å². The van der Waals surface area contributed by atoms with Crippen molar-refractivity contribution in [1.29, 1.82) is 0 Å². The van der Waals surface area contributed by atoms with E-state index in [2.05, 4.69) is 32.3 Å². The van der Waals surface area contributed by atoms with Crippen LogP contribution >= 0.6 is 0 Å². The summed E-state index contributed by atoms with van der Waals surface area (Å²) >= 11 is 0. The van der Waals surface area contributed by atoms with Crippen molar-refractivity contribution in [3.63, 3.8) is 0 Å². The fraction of sp³-hybridized carbons (Fsp3) is 0.368. The molecule has 0 spiro atoms. The SMILES string of the molecule is CC1CCN(c2cc(-c3noc(C(=O)NCc4ccco4)n3)ccn2)CC1. The predicted octanol–water partition coefficient (Wildman–Crippen LogP) is 2.89.